The Labute approximate surface area is 184 Å². The van der Waals surface area contributed by atoms with Crippen LogP contribution in [0.5, 0.6) is 0 Å². The highest BCUT2D eigenvalue weighted by molar-refractivity contribution is 6.31. The normalized spacial score (nSPS) is 16.9. The maximum Gasteiger partial charge on any atom is 0.130 e. The second-order valence-corrected chi connectivity index (χ2v) is 8.29. The van der Waals surface area contributed by atoms with Gasteiger partial charge in [0.15, 0.2) is 0 Å². The predicted molar refractivity (Wildman–Crippen MR) is 125 cm³/mol. The van der Waals surface area contributed by atoms with Crippen molar-refractivity contribution in [3.63, 3.8) is 0 Å². The van der Waals surface area contributed by atoms with Crippen LogP contribution in [0.4, 0.5) is 0 Å². The summed E-state index contributed by atoms with van der Waals surface area (Å²) in [5.74, 6) is 0. The summed E-state index contributed by atoms with van der Waals surface area (Å²) in [7, 11) is 0. The van der Waals surface area contributed by atoms with Gasteiger partial charge in [-0.2, -0.15) is 0 Å². The molecule has 3 heterocycles. The molecule has 4 heteroatoms. The highest BCUT2D eigenvalue weighted by Crippen LogP contribution is 2.52. The zero-order valence-corrected chi connectivity index (χ0v) is 17.4. The summed E-state index contributed by atoms with van der Waals surface area (Å²) < 4.78 is 2.24. The Hall–Kier alpha value is -3.07. The predicted octanol–water partition coefficient (Wildman–Crippen LogP) is 7.39. The van der Waals surface area contributed by atoms with E-state index in [9.17, 15) is 0 Å². The fourth-order valence-corrected chi connectivity index (χ4v) is 5.16. The molecule has 30 heavy (non-hydrogen) atoms. The molecule has 4 aliphatic rings. The van der Waals surface area contributed by atoms with E-state index in [4.69, 9.17) is 23.2 Å². The lowest BCUT2D eigenvalue weighted by Gasteiger charge is -2.21. The number of halogens is 2. The summed E-state index contributed by atoms with van der Waals surface area (Å²) in [4.78, 5) is 4.68. The third kappa shape index (κ3) is 2.54. The molecule has 0 saturated carbocycles. The van der Waals surface area contributed by atoms with Crippen molar-refractivity contribution in [2.24, 2.45) is 0 Å². The summed E-state index contributed by atoms with van der Waals surface area (Å²) in [5.41, 5.74) is 8.82. The molecule has 6 rings (SSSR count). The molecule has 0 fully saturated rings. The number of aromatic nitrogens is 2. The van der Waals surface area contributed by atoms with E-state index in [2.05, 4.69) is 76.3 Å². The molecule has 0 N–H and O–H groups in total. The smallest absolute Gasteiger partial charge is 0.130 e. The molecule has 1 unspecified atom stereocenters. The van der Waals surface area contributed by atoms with E-state index in [0.717, 1.165) is 33.2 Å². The van der Waals surface area contributed by atoms with Crippen LogP contribution in [-0.2, 0) is 0 Å². The van der Waals surface area contributed by atoms with Crippen molar-refractivity contribution < 1.29 is 0 Å². The summed E-state index contributed by atoms with van der Waals surface area (Å²) >= 11 is 13.1. The molecule has 1 aromatic heterocycles. The van der Waals surface area contributed by atoms with Gasteiger partial charge in [0.05, 0.1) is 17.4 Å². The summed E-state index contributed by atoms with van der Waals surface area (Å²) in [6, 6.07) is 22.7. The van der Waals surface area contributed by atoms with Gasteiger partial charge in [-0.3, -0.25) is 0 Å². The molecule has 1 atom stereocenters. The van der Waals surface area contributed by atoms with E-state index >= 15 is 0 Å². The highest BCUT2D eigenvalue weighted by atomic mass is 35.5. The third-order valence-corrected chi connectivity index (χ3v) is 6.31. The zero-order valence-electron chi connectivity index (χ0n) is 15.9. The Morgan fingerprint density at radius 1 is 0.833 bits per heavy atom. The van der Waals surface area contributed by atoms with Crippen molar-refractivity contribution >= 4 is 40.4 Å². The average molecular weight is 427 g/mol. The fraction of sp³-hybridized carbons (Fsp3) is 0.0385. The second-order valence-electron chi connectivity index (χ2n) is 7.51. The first-order chi connectivity index (χ1) is 14.7. The van der Waals surface area contributed by atoms with Crippen molar-refractivity contribution in [2.75, 3.05) is 0 Å². The van der Waals surface area contributed by atoms with Crippen LogP contribution in [-0.4, -0.2) is 9.55 Å². The number of benzene rings is 1. The van der Waals surface area contributed by atoms with Gasteiger partial charge in [0.1, 0.15) is 10.3 Å². The van der Waals surface area contributed by atoms with E-state index in [1.165, 1.54) is 16.7 Å². The molecule has 0 saturated heterocycles. The van der Waals surface area contributed by atoms with Crippen LogP contribution in [0.15, 0.2) is 85.0 Å². The fourth-order valence-electron chi connectivity index (χ4n) is 4.65. The standard InChI is InChI=1S/C26H16Cl2N2/c27-21-14-17-10-4-6-12-19(24(17)29-21)23-20-13-7-5-11-18-15-22(28)30(25(18)20)26(23)16-8-2-1-3-9-16/h1-15,26H. The van der Waals surface area contributed by atoms with Crippen molar-refractivity contribution in [1.29, 1.82) is 0 Å². The lowest BCUT2D eigenvalue weighted by atomic mass is 9.89. The van der Waals surface area contributed by atoms with Crippen molar-refractivity contribution in [3.8, 4) is 11.3 Å². The molecule has 0 amide bonds. The van der Waals surface area contributed by atoms with Gasteiger partial charge < -0.3 is 4.57 Å². The molecule has 2 aliphatic heterocycles. The summed E-state index contributed by atoms with van der Waals surface area (Å²) in [5, 5.41) is 1.24. The average Bonchev–Trinajstić information content (AvgIpc) is 3.28. The number of hydrogen-bond acceptors (Lipinski definition) is 1. The number of allylic oxidation sites excluding steroid dienone is 5. The van der Waals surface area contributed by atoms with Gasteiger partial charge in [0.2, 0.25) is 0 Å². The quantitative estimate of drug-likeness (QED) is 0.326. The lowest BCUT2D eigenvalue weighted by molar-refractivity contribution is 0.734. The van der Waals surface area contributed by atoms with Crippen LogP contribution >= 0.6 is 23.2 Å². The minimum absolute atomic E-state index is 0.0466. The molecule has 2 nitrogen and oxygen atoms in total. The Morgan fingerprint density at radius 2 is 1.60 bits per heavy atom. The third-order valence-electron chi connectivity index (χ3n) is 5.82. The van der Waals surface area contributed by atoms with E-state index in [0.29, 0.717) is 5.15 Å². The molecular formula is C26H16Cl2N2. The number of fused-ring (bicyclic) bond motifs is 1. The van der Waals surface area contributed by atoms with Gasteiger partial charge >= 0.3 is 0 Å². The molecule has 144 valence electrons. The Kier molecular flexibility index (Phi) is 3.98. The van der Waals surface area contributed by atoms with Crippen molar-refractivity contribution in [3.05, 3.63) is 118 Å². The molecule has 0 spiro atoms. The maximum absolute atomic E-state index is 6.80. The lowest BCUT2D eigenvalue weighted by Crippen LogP contribution is -2.09. The monoisotopic (exact) mass is 426 g/mol. The number of hydrogen-bond donors (Lipinski definition) is 0. The van der Waals surface area contributed by atoms with E-state index in [1.54, 1.807) is 0 Å². The first kappa shape index (κ1) is 17.8. The van der Waals surface area contributed by atoms with Gasteiger partial charge in [-0.1, -0.05) is 102 Å². The number of rotatable bonds is 2. The summed E-state index contributed by atoms with van der Waals surface area (Å²) in [6.07, 6.45) is 8.44. The minimum atomic E-state index is -0.0466. The van der Waals surface area contributed by atoms with E-state index in [-0.39, 0.29) is 6.04 Å². The van der Waals surface area contributed by atoms with E-state index < -0.39 is 0 Å². The molecular weight excluding hydrogens is 411 g/mol. The van der Waals surface area contributed by atoms with Crippen molar-refractivity contribution in [2.45, 2.75) is 6.04 Å². The van der Waals surface area contributed by atoms with Gasteiger partial charge in [0, 0.05) is 22.3 Å². The van der Waals surface area contributed by atoms with Gasteiger partial charge in [0.25, 0.3) is 0 Å². The zero-order chi connectivity index (χ0) is 20.2. The number of nitrogens with zero attached hydrogens (tertiary/aromatic N) is 2. The van der Waals surface area contributed by atoms with E-state index in [1.807, 2.05) is 24.3 Å². The molecule has 2 aliphatic carbocycles. The minimum Gasteiger partial charge on any atom is -0.319 e. The largest absolute Gasteiger partial charge is 0.319 e. The SMILES string of the molecule is Clc1cc2ccccc(C3=C4C=CC=Cc5cc(Cl)n(c54)C3c3ccccc3)c-2n1. The Bertz CT molecular complexity index is 1360. The Morgan fingerprint density at radius 3 is 2.47 bits per heavy atom. The molecule has 1 aromatic carbocycles. The summed E-state index contributed by atoms with van der Waals surface area (Å²) in [6.45, 7) is 0. The van der Waals surface area contributed by atoms with Gasteiger partial charge in [-0.05, 0) is 23.3 Å². The van der Waals surface area contributed by atoms with Gasteiger partial charge in [-0.25, -0.2) is 4.98 Å². The van der Waals surface area contributed by atoms with Crippen LogP contribution in [0, 0.1) is 0 Å². The van der Waals surface area contributed by atoms with Crippen LogP contribution in [0.3, 0.4) is 0 Å². The second kappa shape index (κ2) is 6.73. The molecule has 0 radical (unpaired) electrons. The van der Waals surface area contributed by atoms with Crippen LogP contribution in [0.2, 0.25) is 10.3 Å². The van der Waals surface area contributed by atoms with Crippen LogP contribution in [0.1, 0.15) is 28.4 Å². The van der Waals surface area contributed by atoms with Crippen molar-refractivity contribution in [1.82, 2.24) is 9.55 Å². The van der Waals surface area contributed by atoms with Gasteiger partial charge in [-0.15, -0.1) is 0 Å². The highest BCUT2D eigenvalue weighted by Gasteiger charge is 2.37. The first-order valence-electron chi connectivity index (χ1n) is 9.83. The molecule has 0 bridgehead atoms. The topological polar surface area (TPSA) is 17.8 Å². The first-order valence-corrected chi connectivity index (χ1v) is 10.6. The van der Waals surface area contributed by atoms with Crippen LogP contribution in [0.25, 0.3) is 28.5 Å². The van der Waals surface area contributed by atoms with Crippen LogP contribution < -0.4 is 0 Å². The Balaban J connectivity index is 1.73. The maximum atomic E-state index is 6.80. The molecule has 2 aromatic rings.